The van der Waals surface area contributed by atoms with Crippen LogP contribution in [0.2, 0.25) is 0 Å². The normalized spacial score (nSPS) is 7.56. The number of amides is 2. The van der Waals surface area contributed by atoms with E-state index in [0.29, 0.717) is 0 Å². The van der Waals surface area contributed by atoms with Crippen LogP contribution >= 0.6 is 0 Å². The molecule has 0 aromatic heterocycles. The topological polar surface area (TPSA) is 108 Å². The summed E-state index contributed by atoms with van der Waals surface area (Å²) in [5.41, 5.74) is 8.37. The quantitative estimate of drug-likeness (QED) is 0.195. The van der Waals surface area contributed by atoms with Gasteiger partial charge < -0.3 is 16.9 Å². The molecule has 0 saturated heterocycles. The first-order valence-corrected chi connectivity index (χ1v) is 1.96. The van der Waals surface area contributed by atoms with Crippen LogP contribution in [0.4, 0.5) is 0 Å². The molecule has 0 aromatic carbocycles. The summed E-state index contributed by atoms with van der Waals surface area (Å²) in [5, 5.41) is 7.98. The minimum Gasteiger partial charge on any atom is -0.762 e. The first-order valence-electron chi connectivity index (χ1n) is 1.96. The van der Waals surface area contributed by atoms with Gasteiger partial charge >= 0.3 is 0 Å². The van der Waals surface area contributed by atoms with Gasteiger partial charge in [-0.3, -0.25) is 15.5 Å². The number of carbonyl (C=O) groups is 2. The molecule has 0 aliphatic heterocycles. The molecule has 0 fully saturated rings. The van der Waals surface area contributed by atoms with Crippen molar-refractivity contribution < 1.29 is 9.59 Å². The Labute approximate surface area is 50.8 Å². The number of nitrogens with zero attached hydrogens (tertiary/aromatic N) is 1. The van der Waals surface area contributed by atoms with Crippen LogP contribution in [0.5, 0.6) is 0 Å². The molecule has 9 heavy (non-hydrogen) atoms. The van der Waals surface area contributed by atoms with Crippen molar-refractivity contribution >= 4 is 17.7 Å². The summed E-state index contributed by atoms with van der Waals surface area (Å²) >= 11 is 0. The van der Waals surface area contributed by atoms with E-state index in [1.54, 1.807) is 0 Å². The van der Waals surface area contributed by atoms with Gasteiger partial charge in [0.2, 0.25) is 0 Å². The van der Waals surface area contributed by atoms with E-state index >= 15 is 0 Å². The predicted molar refractivity (Wildman–Crippen MR) is 30.3 cm³/mol. The van der Waals surface area contributed by atoms with Crippen LogP contribution in [-0.4, -0.2) is 17.7 Å². The fourth-order valence-corrected chi connectivity index (χ4v) is 0.232. The van der Waals surface area contributed by atoms with E-state index in [1.807, 2.05) is 0 Å². The Morgan fingerprint density at radius 2 is 1.56 bits per heavy atom. The lowest BCUT2D eigenvalue weighted by Crippen LogP contribution is -2.26. The lowest BCUT2D eigenvalue weighted by atomic mass is 10.3. The van der Waals surface area contributed by atoms with Crippen molar-refractivity contribution in [3.8, 4) is 0 Å². The molecule has 0 spiro atoms. The van der Waals surface area contributed by atoms with Crippen molar-refractivity contribution in [3.05, 3.63) is 11.0 Å². The molecule has 48 valence electrons. The van der Waals surface area contributed by atoms with E-state index in [-0.39, 0.29) is 0 Å². The van der Waals surface area contributed by atoms with E-state index < -0.39 is 17.4 Å². The molecule has 0 bridgehead atoms. The highest BCUT2D eigenvalue weighted by atomic mass is 16.2. The van der Waals surface area contributed by atoms with E-state index in [1.165, 1.54) is 5.87 Å². The number of primary amides is 2. The summed E-state index contributed by atoms with van der Waals surface area (Å²) in [6, 6.07) is 0. The zero-order valence-electron chi connectivity index (χ0n) is 4.42. The van der Waals surface area contributed by atoms with Crippen molar-refractivity contribution in [2.24, 2.45) is 11.5 Å². The van der Waals surface area contributed by atoms with E-state index in [2.05, 4.69) is 11.5 Å². The minimum atomic E-state index is -1.09. The summed E-state index contributed by atoms with van der Waals surface area (Å²) in [6.07, 6.45) is 0. The van der Waals surface area contributed by atoms with E-state index in [0.717, 1.165) is 0 Å². The standard InChI is InChI=1S/C4H4N3O2/c5-1-2(3(6)8)4(7)9/h(H2,6,8)(H2,7,9)/q-1. The highest BCUT2D eigenvalue weighted by Gasteiger charge is 2.06. The van der Waals surface area contributed by atoms with Crippen LogP contribution in [0, 0.1) is 0 Å². The van der Waals surface area contributed by atoms with Gasteiger partial charge in [0.25, 0.3) is 11.8 Å². The molecule has 5 nitrogen and oxygen atoms in total. The minimum absolute atomic E-state index is 0.727. The zero-order chi connectivity index (χ0) is 7.44. The highest BCUT2D eigenvalue weighted by molar-refractivity contribution is 6.23. The molecule has 0 rings (SSSR count). The lowest BCUT2D eigenvalue weighted by molar-refractivity contribution is -0.120. The maximum absolute atomic E-state index is 10.0. The average Bonchev–Trinajstić information content (AvgIpc) is 1.64. The predicted octanol–water partition coefficient (Wildman–Crippen LogP) is -1.88. The first kappa shape index (κ1) is 7.39. The molecule has 0 aromatic rings. The SMILES string of the molecule is [N-]=C=C(C(N)=O)C(N)=O. The van der Waals surface area contributed by atoms with Gasteiger partial charge in [0.05, 0.1) is 0 Å². The highest BCUT2D eigenvalue weighted by Crippen LogP contribution is 1.81. The molecule has 0 unspecified atom stereocenters. The molecule has 2 amide bonds. The number of nitrogens with two attached hydrogens (primary N) is 2. The van der Waals surface area contributed by atoms with E-state index in [9.17, 15) is 9.59 Å². The van der Waals surface area contributed by atoms with Gasteiger partial charge in [-0.1, -0.05) is 0 Å². The Hall–Kier alpha value is -1.61. The maximum atomic E-state index is 10.0. The van der Waals surface area contributed by atoms with Gasteiger partial charge in [-0.15, -0.1) is 0 Å². The van der Waals surface area contributed by atoms with Gasteiger partial charge in [0.1, 0.15) is 5.57 Å². The van der Waals surface area contributed by atoms with Crippen molar-refractivity contribution in [2.75, 3.05) is 0 Å². The van der Waals surface area contributed by atoms with Crippen LogP contribution in [0.3, 0.4) is 0 Å². The van der Waals surface area contributed by atoms with Gasteiger partial charge in [0.15, 0.2) is 0 Å². The summed E-state index contributed by atoms with van der Waals surface area (Å²) in [6.45, 7) is 0. The average molecular weight is 126 g/mol. The van der Waals surface area contributed by atoms with Gasteiger partial charge in [0, 0.05) is 0 Å². The zero-order valence-corrected chi connectivity index (χ0v) is 4.42. The largest absolute Gasteiger partial charge is 0.762 e. The van der Waals surface area contributed by atoms with Crippen LogP contribution in [0.25, 0.3) is 5.41 Å². The summed E-state index contributed by atoms with van der Waals surface area (Å²) in [4.78, 5) is 20.1. The molecular weight excluding hydrogens is 122 g/mol. The fraction of sp³-hybridized carbons (Fsp3) is 0. The van der Waals surface area contributed by atoms with Gasteiger partial charge in [-0.25, -0.2) is 0 Å². The third-order valence-electron chi connectivity index (χ3n) is 0.605. The second kappa shape index (κ2) is 2.64. The molecule has 4 N–H and O–H groups in total. The molecule has 0 aliphatic rings. The summed E-state index contributed by atoms with van der Waals surface area (Å²) in [7, 11) is 0. The first-order chi connectivity index (χ1) is 4.09. The number of carbonyl (C=O) groups excluding carboxylic acids is 2. The Morgan fingerprint density at radius 1 is 1.22 bits per heavy atom. The molecule has 0 radical (unpaired) electrons. The monoisotopic (exact) mass is 126 g/mol. The second-order valence-electron chi connectivity index (χ2n) is 1.22. The number of hydrogen-bond acceptors (Lipinski definition) is 2. The van der Waals surface area contributed by atoms with Crippen molar-refractivity contribution in [3.63, 3.8) is 0 Å². The molecule has 0 saturated carbocycles. The summed E-state index contributed by atoms with van der Waals surface area (Å²) < 4.78 is 0. The maximum Gasteiger partial charge on any atom is 0.260 e. The Morgan fingerprint density at radius 3 is 1.56 bits per heavy atom. The number of rotatable bonds is 2. The molecule has 5 heteroatoms. The Bertz CT molecular complexity index is 186. The molecule has 0 aliphatic carbocycles. The Kier molecular flexibility index (Phi) is 2.17. The fourth-order valence-electron chi connectivity index (χ4n) is 0.232. The Balaban J connectivity index is 4.59. The third-order valence-corrected chi connectivity index (χ3v) is 0.605. The van der Waals surface area contributed by atoms with Gasteiger partial charge in [-0.05, 0) is 0 Å². The van der Waals surface area contributed by atoms with Crippen LogP contribution in [0.1, 0.15) is 0 Å². The third kappa shape index (κ3) is 1.75. The van der Waals surface area contributed by atoms with Crippen LogP contribution in [0.15, 0.2) is 5.57 Å². The van der Waals surface area contributed by atoms with E-state index in [4.69, 9.17) is 5.41 Å². The van der Waals surface area contributed by atoms with Gasteiger partial charge in [-0.2, -0.15) is 0 Å². The van der Waals surface area contributed by atoms with Crippen LogP contribution in [-0.2, 0) is 9.59 Å². The molecular formula is C4H4N3O2-. The smallest absolute Gasteiger partial charge is 0.260 e. The number of hydrogen-bond donors (Lipinski definition) is 2. The van der Waals surface area contributed by atoms with Crippen molar-refractivity contribution in [1.29, 1.82) is 0 Å². The van der Waals surface area contributed by atoms with Crippen LogP contribution < -0.4 is 11.5 Å². The molecule has 0 atom stereocenters. The lowest BCUT2D eigenvalue weighted by Gasteiger charge is -1.91. The van der Waals surface area contributed by atoms with Crippen molar-refractivity contribution in [1.82, 2.24) is 0 Å². The molecule has 0 heterocycles. The second-order valence-corrected chi connectivity index (χ2v) is 1.22. The summed E-state index contributed by atoms with van der Waals surface area (Å²) in [5.74, 6) is -0.917. The van der Waals surface area contributed by atoms with Crippen molar-refractivity contribution in [2.45, 2.75) is 0 Å².